The number of alkyl halides is 1. The average Bonchev–Trinajstić information content (AvgIpc) is 1.82. The van der Waals surface area contributed by atoms with E-state index in [2.05, 4.69) is 4.74 Å². The fraction of sp³-hybridized carbons (Fsp3) is 0.833. The van der Waals surface area contributed by atoms with E-state index in [1.165, 1.54) is 6.92 Å². The molecule has 1 N–H and O–H groups in total. The van der Waals surface area contributed by atoms with Crippen molar-refractivity contribution in [3.8, 4) is 0 Å². The Hall–Kier alpha value is -0.640. The molecule has 0 saturated heterocycles. The van der Waals surface area contributed by atoms with Gasteiger partial charge >= 0.3 is 5.97 Å². The third-order valence-corrected chi connectivity index (χ3v) is 0.802. The van der Waals surface area contributed by atoms with Crippen LogP contribution in [0.15, 0.2) is 0 Å². The van der Waals surface area contributed by atoms with Gasteiger partial charge in [0.05, 0.1) is 12.5 Å². The molecule has 0 aliphatic rings. The van der Waals surface area contributed by atoms with E-state index >= 15 is 0 Å². The number of hydrogen-bond acceptors (Lipinski definition) is 3. The van der Waals surface area contributed by atoms with Crippen molar-refractivity contribution in [1.29, 1.82) is 0 Å². The number of esters is 1. The molecule has 4 heteroatoms. The number of aliphatic hydroxyl groups excluding tert-OH is 1. The van der Waals surface area contributed by atoms with E-state index in [1.807, 2.05) is 0 Å². The molecule has 60 valence electrons. The lowest BCUT2D eigenvalue weighted by Crippen LogP contribution is -2.13. The van der Waals surface area contributed by atoms with Gasteiger partial charge in [0.15, 0.2) is 0 Å². The molecule has 0 saturated carbocycles. The maximum Gasteiger partial charge on any atom is 0.308 e. The summed E-state index contributed by atoms with van der Waals surface area (Å²) in [6.07, 6.45) is -0.785. The average molecular weight is 150 g/mol. The zero-order valence-electron chi connectivity index (χ0n) is 5.84. The third kappa shape index (κ3) is 5.50. The highest BCUT2D eigenvalue weighted by molar-refractivity contribution is 5.69. The van der Waals surface area contributed by atoms with Crippen molar-refractivity contribution >= 4 is 5.97 Å². The van der Waals surface area contributed by atoms with Gasteiger partial charge in [-0.25, -0.2) is 4.39 Å². The Balaban J connectivity index is 3.26. The van der Waals surface area contributed by atoms with Crippen LogP contribution >= 0.6 is 0 Å². The fourth-order valence-corrected chi connectivity index (χ4v) is 0.453. The minimum Gasteiger partial charge on any atom is -0.463 e. The Morgan fingerprint density at radius 2 is 2.40 bits per heavy atom. The minimum absolute atomic E-state index is 0.0694. The van der Waals surface area contributed by atoms with Gasteiger partial charge < -0.3 is 9.84 Å². The number of carbonyl (C=O) groups excluding carboxylic acids is 1. The molecule has 1 atom stereocenters. The second kappa shape index (κ2) is 5.17. The SMILES string of the molecule is CC(O)CC(=O)OCCF. The molecule has 0 rings (SSSR count). The summed E-state index contributed by atoms with van der Waals surface area (Å²) < 4.78 is 15.7. The number of halogens is 1. The number of aliphatic hydroxyl groups is 1. The predicted octanol–water partition coefficient (Wildman–Crippen LogP) is 0.270. The summed E-state index contributed by atoms with van der Waals surface area (Å²) in [6.45, 7) is 0.577. The molecule has 0 aliphatic carbocycles. The fourth-order valence-electron chi connectivity index (χ4n) is 0.453. The van der Waals surface area contributed by atoms with Gasteiger partial charge in [-0.15, -0.1) is 0 Å². The van der Waals surface area contributed by atoms with Crippen LogP contribution in [-0.2, 0) is 9.53 Å². The van der Waals surface area contributed by atoms with Crippen molar-refractivity contribution in [3.63, 3.8) is 0 Å². The first-order chi connectivity index (χ1) is 4.66. The van der Waals surface area contributed by atoms with Crippen molar-refractivity contribution in [2.45, 2.75) is 19.4 Å². The second-order valence-corrected chi connectivity index (χ2v) is 1.96. The lowest BCUT2D eigenvalue weighted by molar-refractivity contribution is -0.145. The lowest BCUT2D eigenvalue weighted by atomic mass is 10.3. The van der Waals surface area contributed by atoms with Crippen molar-refractivity contribution in [2.24, 2.45) is 0 Å². The summed E-state index contributed by atoms with van der Waals surface area (Å²) in [5.74, 6) is -0.562. The summed E-state index contributed by atoms with van der Waals surface area (Å²) in [5, 5.41) is 8.63. The van der Waals surface area contributed by atoms with E-state index in [-0.39, 0.29) is 13.0 Å². The highest BCUT2D eigenvalue weighted by Crippen LogP contribution is 1.92. The summed E-state index contributed by atoms with van der Waals surface area (Å²) in [5.41, 5.74) is 0. The van der Waals surface area contributed by atoms with Crippen LogP contribution < -0.4 is 0 Å². The van der Waals surface area contributed by atoms with Gasteiger partial charge in [-0.2, -0.15) is 0 Å². The summed E-state index contributed by atoms with van der Waals surface area (Å²) in [7, 11) is 0. The van der Waals surface area contributed by atoms with E-state index in [4.69, 9.17) is 5.11 Å². The van der Waals surface area contributed by atoms with Gasteiger partial charge in [-0.1, -0.05) is 0 Å². The van der Waals surface area contributed by atoms with Crippen molar-refractivity contribution < 1.29 is 19.0 Å². The molecule has 1 unspecified atom stereocenters. The third-order valence-electron chi connectivity index (χ3n) is 0.802. The van der Waals surface area contributed by atoms with E-state index in [9.17, 15) is 9.18 Å². The molecular weight excluding hydrogens is 139 g/mol. The first-order valence-corrected chi connectivity index (χ1v) is 3.06. The second-order valence-electron chi connectivity index (χ2n) is 1.96. The topological polar surface area (TPSA) is 46.5 Å². The zero-order valence-corrected chi connectivity index (χ0v) is 5.84. The molecule has 0 aromatic rings. The van der Waals surface area contributed by atoms with Gasteiger partial charge in [0.25, 0.3) is 0 Å². The number of hydrogen-bond donors (Lipinski definition) is 1. The number of carbonyl (C=O) groups is 1. The van der Waals surface area contributed by atoms with Gasteiger partial charge in [0, 0.05) is 0 Å². The van der Waals surface area contributed by atoms with Gasteiger partial charge in [0.2, 0.25) is 0 Å². The van der Waals surface area contributed by atoms with Crippen LogP contribution in [0.1, 0.15) is 13.3 Å². The van der Waals surface area contributed by atoms with Gasteiger partial charge in [0.1, 0.15) is 13.3 Å². The smallest absolute Gasteiger partial charge is 0.308 e. The first kappa shape index (κ1) is 9.36. The molecule has 0 spiro atoms. The Morgan fingerprint density at radius 1 is 1.80 bits per heavy atom. The number of rotatable bonds is 4. The Morgan fingerprint density at radius 3 is 2.80 bits per heavy atom. The maximum absolute atomic E-state index is 11.4. The molecule has 0 bridgehead atoms. The summed E-state index contributed by atoms with van der Waals surface area (Å²) >= 11 is 0. The molecule has 0 aromatic heterocycles. The monoisotopic (exact) mass is 150 g/mol. The van der Waals surface area contributed by atoms with Crippen molar-refractivity contribution in [1.82, 2.24) is 0 Å². The van der Waals surface area contributed by atoms with Crippen molar-refractivity contribution in [3.05, 3.63) is 0 Å². The lowest BCUT2D eigenvalue weighted by Gasteiger charge is -2.02. The van der Waals surface area contributed by atoms with E-state index in [0.29, 0.717) is 0 Å². The van der Waals surface area contributed by atoms with Gasteiger partial charge in [-0.05, 0) is 6.92 Å². The molecule has 0 aliphatic heterocycles. The largest absolute Gasteiger partial charge is 0.463 e. The number of ether oxygens (including phenoxy) is 1. The molecule has 0 aromatic carbocycles. The first-order valence-electron chi connectivity index (χ1n) is 3.06. The molecule has 0 fully saturated rings. The molecule has 0 heterocycles. The zero-order chi connectivity index (χ0) is 7.98. The Kier molecular flexibility index (Phi) is 4.84. The Bertz CT molecular complexity index is 103. The molecule has 0 amide bonds. The molecule has 0 radical (unpaired) electrons. The van der Waals surface area contributed by atoms with E-state index in [1.54, 1.807) is 0 Å². The van der Waals surface area contributed by atoms with Crippen LogP contribution in [0.25, 0.3) is 0 Å². The molecular formula is C6H11FO3. The van der Waals surface area contributed by atoms with E-state index < -0.39 is 18.7 Å². The van der Waals surface area contributed by atoms with Crippen molar-refractivity contribution in [2.75, 3.05) is 13.3 Å². The summed E-state index contributed by atoms with van der Waals surface area (Å²) in [6, 6.07) is 0. The molecule has 10 heavy (non-hydrogen) atoms. The van der Waals surface area contributed by atoms with Crippen LogP contribution in [0.3, 0.4) is 0 Å². The quantitative estimate of drug-likeness (QED) is 0.585. The maximum atomic E-state index is 11.4. The van der Waals surface area contributed by atoms with Crippen LogP contribution in [0.5, 0.6) is 0 Å². The Labute approximate surface area is 58.8 Å². The van der Waals surface area contributed by atoms with Crippen LogP contribution in [-0.4, -0.2) is 30.5 Å². The highest BCUT2D eigenvalue weighted by atomic mass is 19.1. The minimum atomic E-state index is -0.716. The van der Waals surface area contributed by atoms with Crippen LogP contribution in [0, 0.1) is 0 Å². The van der Waals surface area contributed by atoms with Crippen LogP contribution in [0.4, 0.5) is 4.39 Å². The molecule has 3 nitrogen and oxygen atoms in total. The summed E-state index contributed by atoms with van der Waals surface area (Å²) in [4.78, 5) is 10.5. The van der Waals surface area contributed by atoms with Gasteiger partial charge in [-0.3, -0.25) is 4.79 Å². The standard InChI is InChI=1S/C6H11FO3/c1-5(8)4-6(9)10-3-2-7/h5,8H,2-4H2,1H3. The normalized spacial score (nSPS) is 12.7. The predicted molar refractivity (Wildman–Crippen MR) is 33.2 cm³/mol. The van der Waals surface area contributed by atoms with Crippen LogP contribution in [0.2, 0.25) is 0 Å². The van der Waals surface area contributed by atoms with E-state index in [0.717, 1.165) is 0 Å². The highest BCUT2D eigenvalue weighted by Gasteiger charge is 2.05.